The summed E-state index contributed by atoms with van der Waals surface area (Å²) in [5.74, 6) is -3.67. The summed E-state index contributed by atoms with van der Waals surface area (Å²) in [6, 6.07) is 0.343. The zero-order valence-corrected chi connectivity index (χ0v) is 7.76. The molecule has 0 N–H and O–H groups in total. The molecule has 0 aliphatic heterocycles. The lowest BCUT2D eigenvalue weighted by Gasteiger charge is -2.11. The third-order valence-corrected chi connectivity index (χ3v) is 1.54. The normalized spacial score (nSPS) is 11.7. The molecule has 0 fully saturated rings. The van der Waals surface area contributed by atoms with E-state index in [1.807, 2.05) is 0 Å². The highest BCUT2D eigenvalue weighted by atomic mass is 19.4. The van der Waals surface area contributed by atoms with Crippen LogP contribution in [0.5, 0.6) is 5.88 Å². The molecule has 0 radical (unpaired) electrons. The van der Waals surface area contributed by atoms with E-state index in [-0.39, 0.29) is 6.29 Å². The van der Waals surface area contributed by atoms with E-state index in [0.29, 0.717) is 6.07 Å². The van der Waals surface area contributed by atoms with Crippen LogP contribution in [0.1, 0.15) is 22.5 Å². The lowest BCUT2D eigenvalue weighted by Crippen LogP contribution is -2.20. The molecule has 0 unspecified atom stereocenters. The third-order valence-electron chi connectivity index (χ3n) is 1.54. The number of carbonyl (C=O) groups excluding carboxylic acids is 1. The van der Waals surface area contributed by atoms with Gasteiger partial charge >= 0.3 is 6.36 Å². The van der Waals surface area contributed by atoms with Crippen LogP contribution in [-0.2, 0) is 0 Å². The maximum absolute atomic E-state index is 13.1. The van der Waals surface area contributed by atoms with Crippen molar-refractivity contribution in [1.82, 2.24) is 4.98 Å². The fourth-order valence-electron chi connectivity index (χ4n) is 0.941. The Morgan fingerprint density at radius 3 is 2.35 bits per heavy atom. The Balaban J connectivity index is 3.29. The molecule has 9 heteroatoms. The van der Waals surface area contributed by atoms with Gasteiger partial charge in [-0.2, -0.15) is 0 Å². The van der Waals surface area contributed by atoms with Crippen LogP contribution >= 0.6 is 0 Å². The van der Waals surface area contributed by atoms with Gasteiger partial charge in [0.2, 0.25) is 0 Å². The summed E-state index contributed by atoms with van der Waals surface area (Å²) < 4.78 is 76.0. The first-order valence-electron chi connectivity index (χ1n) is 3.94. The van der Waals surface area contributed by atoms with Gasteiger partial charge in [-0.05, 0) is 6.07 Å². The van der Waals surface area contributed by atoms with Gasteiger partial charge in [0.25, 0.3) is 12.3 Å². The number of hydrogen-bond donors (Lipinski definition) is 0. The Labute approximate surface area is 90.0 Å². The number of carbonyl (C=O) groups is 1. The zero-order valence-electron chi connectivity index (χ0n) is 7.76. The van der Waals surface area contributed by atoms with Crippen LogP contribution in [0.3, 0.4) is 0 Å². The number of nitrogens with zero attached hydrogens (tertiary/aromatic N) is 1. The number of pyridine rings is 1. The summed E-state index contributed by atoms with van der Waals surface area (Å²) in [7, 11) is 0. The van der Waals surface area contributed by atoms with E-state index in [2.05, 4.69) is 9.72 Å². The van der Waals surface area contributed by atoms with Crippen LogP contribution in [-0.4, -0.2) is 17.6 Å². The summed E-state index contributed by atoms with van der Waals surface area (Å²) in [5, 5.41) is 0. The number of hydrogen-bond acceptors (Lipinski definition) is 3. The Morgan fingerprint density at radius 2 is 1.94 bits per heavy atom. The molecule has 1 aromatic rings. The van der Waals surface area contributed by atoms with Crippen LogP contribution in [0.15, 0.2) is 6.07 Å². The maximum atomic E-state index is 13.1. The van der Waals surface area contributed by atoms with Crippen molar-refractivity contribution in [3.05, 3.63) is 23.1 Å². The predicted octanol–water partition coefficient (Wildman–Crippen LogP) is 2.87. The number of aromatic nitrogens is 1. The standard InChI is InChI=1S/C8H3F6NO2/c9-5-4(6(10)11)1-3(2-16)15-7(5)17-8(12,13)14/h1-2,6H. The SMILES string of the molecule is O=Cc1cc(C(F)F)c(F)c(OC(F)(F)F)n1. The van der Waals surface area contributed by atoms with Crippen LogP contribution < -0.4 is 4.74 Å². The van der Waals surface area contributed by atoms with Crippen molar-refractivity contribution in [1.29, 1.82) is 0 Å². The van der Waals surface area contributed by atoms with Gasteiger partial charge in [0.15, 0.2) is 12.1 Å². The van der Waals surface area contributed by atoms with Gasteiger partial charge in [-0.15, -0.1) is 13.2 Å². The monoisotopic (exact) mass is 259 g/mol. The Morgan fingerprint density at radius 1 is 1.35 bits per heavy atom. The molecule has 0 aliphatic rings. The first-order valence-corrected chi connectivity index (χ1v) is 3.94. The van der Waals surface area contributed by atoms with Crippen molar-refractivity contribution in [3.63, 3.8) is 0 Å². The number of halogens is 6. The Bertz CT molecular complexity index is 431. The lowest BCUT2D eigenvalue weighted by molar-refractivity contribution is -0.277. The van der Waals surface area contributed by atoms with E-state index < -0.39 is 35.7 Å². The molecule has 1 aromatic heterocycles. The second kappa shape index (κ2) is 4.60. The summed E-state index contributed by atoms with van der Waals surface area (Å²) in [6.45, 7) is 0. The molecule has 0 aromatic carbocycles. The topological polar surface area (TPSA) is 39.2 Å². The van der Waals surface area contributed by atoms with Crippen molar-refractivity contribution < 1.29 is 35.9 Å². The predicted molar refractivity (Wildman–Crippen MR) is 41.2 cm³/mol. The molecule has 0 saturated carbocycles. The first kappa shape index (κ1) is 13.3. The van der Waals surface area contributed by atoms with E-state index in [1.54, 1.807) is 0 Å². The van der Waals surface area contributed by atoms with Crippen molar-refractivity contribution in [2.24, 2.45) is 0 Å². The summed E-state index contributed by atoms with van der Waals surface area (Å²) >= 11 is 0. The van der Waals surface area contributed by atoms with Crippen LogP contribution in [0.2, 0.25) is 0 Å². The van der Waals surface area contributed by atoms with Crippen LogP contribution in [0.4, 0.5) is 26.3 Å². The van der Waals surface area contributed by atoms with Gasteiger partial charge in [-0.1, -0.05) is 0 Å². The maximum Gasteiger partial charge on any atom is 0.574 e. The molecule has 0 saturated heterocycles. The molecule has 0 spiro atoms. The first-order chi connectivity index (χ1) is 7.74. The van der Waals surface area contributed by atoms with Crippen molar-refractivity contribution >= 4 is 6.29 Å². The molecule has 3 nitrogen and oxygen atoms in total. The average Bonchev–Trinajstić information content (AvgIpc) is 2.18. The largest absolute Gasteiger partial charge is 0.574 e. The number of aldehydes is 1. The van der Waals surface area contributed by atoms with E-state index in [4.69, 9.17) is 0 Å². The van der Waals surface area contributed by atoms with Gasteiger partial charge < -0.3 is 4.74 Å². The number of ether oxygens (including phenoxy) is 1. The lowest BCUT2D eigenvalue weighted by atomic mass is 10.2. The van der Waals surface area contributed by atoms with Gasteiger partial charge in [0.05, 0.1) is 5.56 Å². The smallest absolute Gasteiger partial charge is 0.385 e. The highest BCUT2D eigenvalue weighted by Gasteiger charge is 2.34. The Kier molecular flexibility index (Phi) is 3.59. The minimum absolute atomic E-state index is 0.103. The summed E-state index contributed by atoms with van der Waals surface area (Å²) in [5.41, 5.74) is -2.18. The van der Waals surface area contributed by atoms with Gasteiger partial charge in [0, 0.05) is 0 Å². The highest BCUT2D eigenvalue weighted by Crippen LogP contribution is 2.30. The van der Waals surface area contributed by atoms with Crippen molar-refractivity contribution in [2.75, 3.05) is 0 Å². The fraction of sp³-hybridized carbons (Fsp3) is 0.250. The number of rotatable bonds is 3. The number of alkyl halides is 5. The second-order valence-electron chi connectivity index (χ2n) is 2.72. The van der Waals surface area contributed by atoms with E-state index in [0.717, 1.165) is 0 Å². The molecule has 94 valence electrons. The van der Waals surface area contributed by atoms with Crippen molar-refractivity contribution in [2.45, 2.75) is 12.8 Å². The molecule has 0 atom stereocenters. The van der Waals surface area contributed by atoms with E-state index >= 15 is 0 Å². The Hall–Kier alpha value is -1.80. The fourth-order valence-corrected chi connectivity index (χ4v) is 0.941. The zero-order chi connectivity index (χ0) is 13.2. The molecule has 1 heterocycles. The summed E-state index contributed by atoms with van der Waals surface area (Å²) in [6.07, 6.45) is -8.80. The molecular formula is C8H3F6NO2. The average molecular weight is 259 g/mol. The van der Waals surface area contributed by atoms with Crippen LogP contribution in [0, 0.1) is 5.82 Å². The molecule has 17 heavy (non-hydrogen) atoms. The van der Waals surface area contributed by atoms with E-state index in [9.17, 15) is 31.1 Å². The molecule has 1 rings (SSSR count). The molecule has 0 amide bonds. The quantitative estimate of drug-likeness (QED) is 0.618. The van der Waals surface area contributed by atoms with Gasteiger partial charge in [-0.25, -0.2) is 18.2 Å². The minimum atomic E-state index is -5.30. The van der Waals surface area contributed by atoms with Crippen molar-refractivity contribution in [3.8, 4) is 5.88 Å². The van der Waals surface area contributed by atoms with Gasteiger partial charge in [-0.3, -0.25) is 4.79 Å². The highest BCUT2D eigenvalue weighted by molar-refractivity contribution is 5.72. The van der Waals surface area contributed by atoms with E-state index in [1.165, 1.54) is 0 Å². The molecule has 0 bridgehead atoms. The molecular weight excluding hydrogens is 256 g/mol. The van der Waals surface area contributed by atoms with Gasteiger partial charge in [0.1, 0.15) is 5.69 Å². The minimum Gasteiger partial charge on any atom is -0.385 e. The van der Waals surface area contributed by atoms with Crippen LogP contribution in [0.25, 0.3) is 0 Å². The molecule has 0 aliphatic carbocycles. The summed E-state index contributed by atoms with van der Waals surface area (Å²) in [4.78, 5) is 13.0. The third kappa shape index (κ3) is 3.33. The second-order valence-corrected chi connectivity index (χ2v) is 2.72.